The summed E-state index contributed by atoms with van der Waals surface area (Å²) in [6, 6.07) is 2.84. The Morgan fingerprint density at radius 2 is 1.54 bits per heavy atom. The average Bonchev–Trinajstić information content (AvgIpc) is 3.26. The number of aromatic amines is 1. The Morgan fingerprint density at radius 1 is 0.946 bits per heavy atom. The highest BCUT2D eigenvalue weighted by molar-refractivity contribution is 5.94. The number of aliphatic hydroxyl groups is 1. The first-order chi connectivity index (χ1) is 17.4. The minimum atomic E-state index is -1.35. The van der Waals surface area contributed by atoms with Gasteiger partial charge in [-0.05, 0) is 30.4 Å². The molecule has 0 aliphatic rings. The molecular weight excluding hydrogens is 478 g/mol. The molecule has 0 spiro atoms. The molecule has 3 amide bonds. The van der Waals surface area contributed by atoms with E-state index in [1.54, 1.807) is 27.0 Å². The van der Waals surface area contributed by atoms with E-state index in [-0.39, 0.29) is 12.3 Å². The van der Waals surface area contributed by atoms with Crippen molar-refractivity contribution in [1.82, 2.24) is 20.9 Å². The quantitative estimate of drug-likeness (QED) is 0.203. The number of rotatable bonds is 13. The van der Waals surface area contributed by atoms with E-state index in [0.717, 1.165) is 16.5 Å². The van der Waals surface area contributed by atoms with Gasteiger partial charge in [-0.15, -0.1) is 0 Å². The minimum absolute atomic E-state index is 0.0315. The fourth-order valence-electron chi connectivity index (χ4n) is 3.93. The van der Waals surface area contributed by atoms with Crippen LogP contribution >= 0.6 is 0 Å². The molecule has 0 aliphatic carbocycles. The summed E-state index contributed by atoms with van der Waals surface area (Å²) >= 11 is 0. The number of amides is 3. The summed E-state index contributed by atoms with van der Waals surface area (Å²) in [7, 11) is 0. The zero-order valence-electron chi connectivity index (χ0n) is 21.9. The van der Waals surface area contributed by atoms with Crippen molar-refractivity contribution in [3.63, 3.8) is 0 Å². The molecule has 0 saturated heterocycles. The summed E-state index contributed by atoms with van der Waals surface area (Å²) in [5.74, 6) is -3.85. The zero-order valence-corrected chi connectivity index (χ0v) is 21.9. The molecule has 0 radical (unpaired) electrons. The number of hydrogen-bond donors (Lipinski definition) is 7. The highest BCUT2D eigenvalue weighted by atomic mass is 16.4. The lowest BCUT2D eigenvalue weighted by Crippen LogP contribution is -2.61. The van der Waals surface area contributed by atoms with Crippen LogP contribution in [0.3, 0.4) is 0 Å². The predicted octanol–water partition coefficient (Wildman–Crippen LogP) is 0.660. The number of carboxylic acid groups (broad SMARTS) is 1. The van der Waals surface area contributed by atoms with Crippen molar-refractivity contribution in [2.75, 3.05) is 0 Å². The number of aliphatic carboxylic acids is 1. The maximum atomic E-state index is 13.1. The maximum absolute atomic E-state index is 13.1. The highest BCUT2D eigenvalue weighted by Crippen LogP contribution is 2.19. The number of aliphatic hydroxyl groups excluding tert-OH is 1. The van der Waals surface area contributed by atoms with E-state index >= 15 is 0 Å². The maximum Gasteiger partial charge on any atom is 0.326 e. The molecule has 0 aliphatic heterocycles. The van der Waals surface area contributed by atoms with Crippen molar-refractivity contribution in [3.8, 4) is 0 Å². The fraction of sp³-hybridized carbons (Fsp3) is 0.538. The second kappa shape index (κ2) is 13.2. The Bertz CT molecular complexity index is 1100. The number of carbonyl (C=O) groups excluding carboxylic acids is 3. The van der Waals surface area contributed by atoms with Crippen LogP contribution in [-0.2, 0) is 25.6 Å². The molecule has 2 aromatic rings. The fourth-order valence-corrected chi connectivity index (χ4v) is 3.93. The molecule has 0 saturated carbocycles. The van der Waals surface area contributed by atoms with Gasteiger partial charge in [0, 0.05) is 23.5 Å². The number of carbonyl (C=O) groups is 4. The minimum Gasteiger partial charge on any atom is -0.480 e. The third kappa shape index (κ3) is 7.77. The Balaban J connectivity index is 2.14. The Kier molecular flexibility index (Phi) is 10.6. The van der Waals surface area contributed by atoms with Crippen molar-refractivity contribution in [1.29, 1.82) is 0 Å². The second-order valence-corrected chi connectivity index (χ2v) is 9.83. The van der Waals surface area contributed by atoms with Gasteiger partial charge in [0.2, 0.25) is 17.7 Å². The lowest BCUT2D eigenvalue weighted by Gasteiger charge is -2.28. The number of fused-ring (bicyclic) bond motifs is 1. The van der Waals surface area contributed by atoms with E-state index < -0.39 is 59.9 Å². The van der Waals surface area contributed by atoms with Gasteiger partial charge in [0.15, 0.2) is 0 Å². The van der Waals surface area contributed by atoms with E-state index in [1.165, 1.54) is 6.92 Å². The summed E-state index contributed by atoms with van der Waals surface area (Å²) in [5.41, 5.74) is 7.52. The molecule has 1 heterocycles. The topological polar surface area (TPSA) is 187 Å². The van der Waals surface area contributed by atoms with Gasteiger partial charge in [-0.1, -0.05) is 52.3 Å². The van der Waals surface area contributed by atoms with Crippen LogP contribution in [0.25, 0.3) is 10.9 Å². The first-order valence-electron chi connectivity index (χ1n) is 12.5. The van der Waals surface area contributed by atoms with Crippen LogP contribution in [0.1, 0.15) is 46.6 Å². The number of hydrogen-bond acceptors (Lipinski definition) is 6. The van der Waals surface area contributed by atoms with E-state index in [1.807, 2.05) is 31.2 Å². The largest absolute Gasteiger partial charge is 0.480 e. The summed E-state index contributed by atoms with van der Waals surface area (Å²) in [6.07, 6.45) is 1.12. The first kappa shape index (κ1) is 29.8. The number of para-hydroxylation sites is 1. The van der Waals surface area contributed by atoms with E-state index in [4.69, 9.17) is 5.73 Å². The van der Waals surface area contributed by atoms with E-state index in [2.05, 4.69) is 20.9 Å². The molecule has 0 bridgehead atoms. The van der Waals surface area contributed by atoms with Gasteiger partial charge in [0.05, 0.1) is 12.1 Å². The van der Waals surface area contributed by atoms with Crippen molar-refractivity contribution >= 4 is 34.6 Å². The van der Waals surface area contributed by atoms with Crippen molar-refractivity contribution in [2.45, 2.75) is 77.7 Å². The zero-order chi connectivity index (χ0) is 27.9. The Labute approximate surface area is 216 Å². The number of aromatic nitrogens is 1. The summed E-state index contributed by atoms with van der Waals surface area (Å²) in [6.45, 7) is 8.40. The van der Waals surface area contributed by atoms with Crippen LogP contribution in [0.5, 0.6) is 0 Å². The van der Waals surface area contributed by atoms with Crippen LogP contribution in [0.2, 0.25) is 0 Å². The second-order valence-electron chi connectivity index (χ2n) is 9.83. The lowest BCUT2D eigenvalue weighted by atomic mass is 9.98. The van der Waals surface area contributed by atoms with Gasteiger partial charge in [-0.25, -0.2) is 4.79 Å². The van der Waals surface area contributed by atoms with Gasteiger partial charge >= 0.3 is 5.97 Å². The molecule has 6 unspecified atom stereocenters. The molecule has 37 heavy (non-hydrogen) atoms. The summed E-state index contributed by atoms with van der Waals surface area (Å²) < 4.78 is 0. The van der Waals surface area contributed by atoms with Crippen molar-refractivity contribution < 1.29 is 29.4 Å². The van der Waals surface area contributed by atoms with Crippen molar-refractivity contribution in [3.05, 3.63) is 36.0 Å². The highest BCUT2D eigenvalue weighted by Gasteiger charge is 2.34. The first-order valence-corrected chi connectivity index (χ1v) is 12.5. The molecule has 11 heteroatoms. The third-order valence-corrected chi connectivity index (χ3v) is 6.58. The van der Waals surface area contributed by atoms with E-state index in [0.29, 0.717) is 6.42 Å². The number of H-pyrrole nitrogens is 1. The monoisotopic (exact) mass is 517 g/mol. The smallest absolute Gasteiger partial charge is 0.326 e. The molecule has 0 fully saturated rings. The summed E-state index contributed by atoms with van der Waals surface area (Å²) in [4.78, 5) is 53.7. The molecule has 6 atom stereocenters. The number of benzene rings is 1. The number of nitrogens with one attached hydrogen (secondary N) is 4. The van der Waals surface area contributed by atoms with Crippen LogP contribution < -0.4 is 21.7 Å². The van der Waals surface area contributed by atoms with Crippen LogP contribution in [0.15, 0.2) is 30.5 Å². The van der Waals surface area contributed by atoms with Crippen molar-refractivity contribution in [2.24, 2.45) is 17.6 Å². The standard InChI is InChI=1S/C26H39N5O6/c1-6-14(4)20(27)23(33)31-22(15(5)32)25(35)30-21(13(2)3)24(34)29-19(26(36)37)11-16-12-28-18-10-8-7-9-17(16)18/h7-10,12-15,19-22,28,32H,6,11,27H2,1-5H3,(H,29,34)(H,30,35)(H,31,33)(H,36,37). The molecule has 2 rings (SSSR count). The molecular formula is C26H39N5O6. The Hall–Kier alpha value is -3.44. The van der Waals surface area contributed by atoms with Gasteiger partial charge in [0.25, 0.3) is 0 Å². The third-order valence-electron chi connectivity index (χ3n) is 6.58. The molecule has 204 valence electrons. The SMILES string of the molecule is CCC(C)C(N)C(=O)NC(C(=O)NC(C(=O)NC(Cc1c[nH]c2ccccc12)C(=O)O)C(C)C)C(C)O. The van der Waals surface area contributed by atoms with E-state index in [9.17, 15) is 29.4 Å². The lowest BCUT2D eigenvalue weighted by molar-refractivity contribution is -0.142. The Morgan fingerprint density at radius 3 is 2.11 bits per heavy atom. The predicted molar refractivity (Wildman–Crippen MR) is 139 cm³/mol. The normalized spacial score (nSPS) is 16.3. The molecule has 11 nitrogen and oxygen atoms in total. The summed E-state index contributed by atoms with van der Waals surface area (Å²) in [5, 5.41) is 28.3. The average molecular weight is 518 g/mol. The molecule has 1 aromatic heterocycles. The van der Waals surface area contributed by atoms with Gasteiger partial charge < -0.3 is 36.9 Å². The van der Waals surface area contributed by atoms with Gasteiger partial charge in [0.1, 0.15) is 18.1 Å². The number of carboxylic acids is 1. The van der Waals surface area contributed by atoms with Crippen LogP contribution in [0, 0.1) is 11.8 Å². The van der Waals surface area contributed by atoms with Gasteiger partial charge in [-0.3, -0.25) is 14.4 Å². The van der Waals surface area contributed by atoms with Crippen LogP contribution in [-0.4, -0.2) is 69.2 Å². The van der Waals surface area contributed by atoms with Gasteiger partial charge in [-0.2, -0.15) is 0 Å². The number of nitrogens with two attached hydrogens (primary N) is 1. The molecule has 8 N–H and O–H groups in total. The molecule has 1 aromatic carbocycles. The van der Waals surface area contributed by atoms with Crippen LogP contribution in [0.4, 0.5) is 0 Å².